The maximum Gasteiger partial charge on any atom is 0.288 e. The molecule has 1 saturated carbocycles. The Morgan fingerprint density at radius 3 is 2.31 bits per heavy atom. The highest BCUT2D eigenvalue weighted by molar-refractivity contribution is 5.92. The SMILES string of the molecule is CC.CC/C=C\C1=C(CC)N(CCC)CCC1.CC1CCCC(NC(=O)C2=CC(C)NO2)C1.CCC(C)CC. The summed E-state index contributed by atoms with van der Waals surface area (Å²) < 4.78 is 0. The van der Waals surface area contributed by atoms with Gasteiger partial charge in [0.25, 0.3) is 5.91 Å². The van der Waals surface area contributed by atoms with Gasteiger partial charge in [0.2, 0.25) is 5.76 Å². The highest BCUT2D eigenvalue weighted by Gasteiger charge is 2.25. The lowest BCUT2D eigenvalue weighted by Crippen LogP contribution is -2.39. The van der Waals surface area contributed by atoms with Crippen molar-refractivity contribution in [1.29, 1.82) is 0 Å². The first-order valence-electron chi connectivity index (χ1n) is 16.4. The highest BCUT2D eigenvalue weighted by Crippen LogP contribution is 2.26. The second kappa shape index (κ2) is 23.0. The average molecular weight is 548 g/mol. The van der Waals surface area contributed by atoms with E-state index in [4.69, 9.17) is 4.84 Å². The number of allylic oxidation sites excluding steroid dienone is 4. The van der Waals surface area contributed by atoms with Crippen LogP contribution in [0.25, 0.3) is 0 Å². The third-order valence-electron chi connectivity index (χ3n) is 7.66. The average Bonchev–Trinajstić information content (AvgIpc) is 3.40. The Balaban J connectivity index is 0.000000586. The van der Waals surface area contributed by atoms with Crippen LogP contribution in [-0.4, -0.2) is 36.0 Å². The predicted octanol–water partition coefficient (Wildman–Crippen LogP) is 9.08. The molecular weight excluding hydrogens is 482 g/mol. The molecule has 39 heavy (non-hydrogen) atoms. The van der Waals surface area contributed by atoms with E-state index in [0.717, 1.165) is 31.1 Å². The second-order valence-corrected chi connectivity index (χ2v) is 11.1. The van der Waals surface area contributed by atoms with E-state index in [0.29, 0.717) is 11.8 Å². The Morgan fingerprint density at radius 1 is 1.13 bits per heavy atom. The van der Waals surface area contributed by atoms with E-state index >= 15 is 0 Å². The molecule has 0 aromatic heterocycles. The summed E-state index contributed by atoms with van der Waals surface area (Å²) in [6.45, 7) is 24.2. The summed E-state index contributed by atoms with van der Waals surface area (Å²) in [7, 11) is 0. The van der Waals surface area contributed by atoms with Crippen molar-refractivity contribution >= 4 is 5.91 Å². The van der Waals surface area contributed by atoms with Crippen LogP contribution in [0.1, 0.15) is 140 Å². The number of hydroxylamine groups is 1. The van der Waals surface area contributed by atoms with Gasteiger partial charge in [0.1, 0.15) is 0 Å². The van der Waals surface area contributed by atoms with Gasteiger partial charge in [-0.3, -0.25) is 4.79 Å². The van der Waals surface area contributed by atoms with Crippen LogP contribution in [-0.2, 0) is 9.63 Å². The fourth-order valence-corrected chi connectivity index (χ4v) is 5.03. The molecule has 0 saturated heterocycles. The Labute approximate surface area is 243 Å². The number of hydrogen-bond donors (Lipinski definition) is 2. The molecule has 2 heterocycles. The van der Waals surface area contributed by atoms with E-state index in [2.05, 4.69) is 76.3 Å². The maximum absolute atomic E-state index is 11.8. The second-order valence-electron chi connectivity index (χ2n) is 11.1. The summed E-state index contributed by atoms with van der Waals surface area (Å²) in [6, 6.07) is 0.433. The molecule has 3 aliphatic rings. The molecule has 1 aliphatic carbocycles. The molecule has 0 spiro atoms. The summed E-state index contributed by atoms with van der Waals surface area (Å²) in [4.78, 5) is 19.5. The van der Waals surface area contributed by atoms with E-state index < -0.39 is 0 Å². The van der Waals surface area contributed by atoms with Crippen LogP contribution in [0, 0.1) is 11.8 Å². The summed E-state index contributed by atoms with van der Waals surface area (Å²) in [5.74, 6) is 1.97. The molecular formula is C34H65N3O2. The van der Waals surface area contributed by atoms with Gasteiger partial charge in [0.05, 0.1) is 6.04 Å². The first kappa shape index (κ1) is 37.2. The third kappa shape index (κ3) is 15.6. The van der Waals surface area contributed by atoms with Crippen LogP contribution < -0.4 is 10.8 Å². The lowest BCUT2D eigenvalue weighted by Gasteiger charge is -2.32. The molecule has 5 heteroatoms. The fraction of sp³-hybridized carbons (Fsp3) is 0.794. The van der Waals surface area contributed by atoms with Crippen molar-refractivity contribution in [3.63, 3.8) is 0 Å². The molecule has 3 atom stereocenters. The number of carbonyl (C=O) groups excluding carboxylic acids is 1. The van der Waals surface area contributed by atoms with Gasteiger partial charge in [0.15, 0.2) is 0 Å². The third-order valence-corrected chi connectivity index (χ3v) is 7.66. The van der Waals surface area contributed by atoms with Crippen molar-refractivity contribution in [2.24, 2.45) is 11.8 Å². The van der Waals surface area contributed by atoms with E-state index in [-0.39, 0.29) is 11.9 Å². The van der Waals surface area contributed by atoms with E-state index in [1.807, 2.05) is 26.8 Å². The van der Waals surface area contributed by atoms with Crippen molar-refractivity contribution in [2.75, 3.05) is 13.1 Å². The smallest absolute Gasteiger partial charge is 0.288 e. The van der Waals surface area contributed by atoms with Crippen molar-refractivity contribution in [3.8, 4) is 0 Å². The minimum atomic E-state index is -0.0871. The lowest BCUT2D eigenvalue weighted by molar-refractivity contribution is -0.122. The molecule has 228 valence electrons. The largest absolute Gasteiger partial charge is 0.403 e. The van der Waals surface area contributed by atoms with E-state index in [9.17, 15) is 4.79 Å². The van der Waals surface area contributed by atoms with Crippen LogP contribution >= 0.6 is 0 Å². The zero-order valence-electron chi connectivity index (χ0n) is 27.5. The molecule has 2 N–H and O–H groups in total. The van der Waals surface area contributed by atoms with Crippen LogP contribution in [0.4, 0.5) is 0 Å². The molecule has 5 nitrogen and oxygen atoms in total. The van der Waals surface area contributed by atoms with Crippen molar-refractivity contribution in [3.05, 3.63) is 35.3 Å². The Hall–Kier alpha value is -1.75. The standard InChI is InChI=1S/C14H25N.C12H20N2O2.C6H14.C2H6/c1-4-7-9-13-10-8-12-15(11-5-2)14(13)6-3;1-8-4-3-5-10(6-8)13-12(15)11-7-9(2)14-16-11;1-4-6(3)5-2;1-2/h7,9H,4-6,8,10-12H2,1-3H3;7-10,14H,3-6H2,1-2H3,(H,13,15);6H,4-5H2,1-3H3;1-2H3/b9-7-;;;. The summed E-state index contributed by atoms with van der Waals surface area (Å²) in [5.41, 5.74) is 5.92. The summed E-state index contributed by atoms with van der Waals surface area (Å²) in [6.07, 6.45) is 20.0. The van der Waals surface area contributed by atoms with Crippen molar-refractivity contribution in [2.45, 2.75) is 152 Å². The van der Waals surface area contributed by atoms with Crippen LogP contribution in [0.15, 0.2) is 35.3 Å². The fourth-order valence-electron chi connectivity index (χ4n) is 5.03. The van der Waals surface area contributed by atoms with Crippen molar-refractivity contribution in [1.82, 2.24) is 15.7 Å². The van der Waals surface area contributed by atoms with Gasteiger partial charge in [-0.1, -0.05) is 100 Å². The van der Waals surface area contributed by atoms with Gasteiger partial charge >= 0.3 is 0 Å². The number of amides is 1. The molecule has 3 unspecified atom stereocenters. The molecule has 0 radical (unpaired) electrons. The zero-order chi connectivity index (χ0) is 29.6. The van der Waals surface area contributed by atoms with Crippen LogP contribution in [0.2, 0.25) is 0 Å². The quantitative estimate of drug-likeness (QED) is 0.302. The van der Waals surface area contributed by atoms with Gasteiger partial charge in [-0.15, -0.1) is 5.48 Å². The van der Waals surface area contributed by atoms with Crippen molar-refractivity contribution < 1.29 is 9.63 Å². The molecule has 0 bridgehead atoms. The van der Waals surface area contributed by atoms with Gasteiger partial charge < -0.3 is 15.1 Å². The highest BCUT2D eigenvalue weighted by atomic mass is 16.7. The zero-order valence-corrected chi connectivity index (χ0v) is 27.5. The minimum Gasteiger partial charge on any atom is -0.403 e. The van der Waals surface area contributed by atoms with Gasteiger partial charge in [-0.05, 0) is 75.4 Å². The first-order chi connectivity index (χ1) is 18.8. The van der Waals surface area contributed by atoms with E-state index in [1.165, 1.54) is 64.5 Å². The first-order valence-corrected chi connectivity index (χ1v) is 16.4. The number of nitrogens with zero attached hydrogens (tertiary/aromatic N) is 1. The Bertz CT molecular complexity index is 724. The number of carbonyl (C=O) groups is 1. The molecule has 1 fully saturated rings. The van der Waals surface area contributed by atoms with Crippen LogP contribution in [0.5, 0.6) is 0 Å². The Morgan fingerprint density at radius 2 is 1.82 bits per heavy atom. The molecule has 3 rings (SSSR count). The number of hydrogen-bond acceptors (Lipinski definition) is 4. The predicted molar refractivity (Wildman–Crippen MR) is 170 cm³/mol. The normalized spacial score (nSPS) is 22.6. The molecule has 0 aromatic rings. The van der Waals surface area contributed by atoms with E-state index in [1.54, 1.807) is 11.3 Å². The van der Waals surface area contributed by atoms with Crippen LogP contribution in [0.3, 0.4) is 0 Å². The van der Waals surface area contributed by atoms with Gasteiger partial charge in [-0.25, -0.2) is 0 Å². The monoisotopic (exact) mass is 548 g/mol. The topological polar surface area (TPSA) is 53.6 Å². The van der Waals surface area contributed by atoms with Gasteiger partial charge in [-0.2, -0.15) is 0 Å². The Kier molecular flexibility index (Phi) is 22.0. The molecule has 2 aliphatic heterocycles. The molecule has 0 aromatic carbocycles. The molecule has 1 amide bonds. The van der Waals surface area contributed by atoms with Gasteiger partial charge in [0, 0.05) is 24.8 Å². The minimum absolute atomic E-state index is 0.0871. The lowest BCUT2D eigenvalue weighted by atomic mass is 9.87. The maximum atomic E-state index is 11.8. The number of nitrogens with one attached hydrogen (secondary N) is 2. The summed E-state index contributed by atoms with van der Waals surface area (Å²) in [5, 5.41) is 3.04. The summed E-state index contributed by atoms with van der Waals surface area (Å²) >= 11 is 0. The number of rotatable bonds is 9.